The number of pyridine rings is 1. The van der Waals surface area contributed by atoms with E-state index in [1.807, 2.05) is 67.6 Å². The van der Waals surface area contributed by atoms with Crippen LogP contribution in [0.1, 0.15) is 17.3 Å². The van der Waals surface area contributed by atoms with Crippen LogP contribution in [0.2, 0.25) is 0 Å². The minimum absolute atomic E-state index is 0.295. The number of ether oxygens (including phenoxy) is 1. The maximum Gasteiger partial charge on any atom is 0.339 e. The number of benzene rings is 3. The highest BCUT2D eigenvalue weighted by Crippen LogP contribution is 2.28. The first-order valence-electron chi connectivity index (χ1n) is 11.0. The summed E-state index contributed by atoms with van der Waals surface area (Å²) >= 11 is 0. The molecule has 0 bridgehead atoms. The predicted molar refractivity (Wildman–Crippen MR) is 132 cm³/mol. The summed E-state index contributed by atoms with van der Waals surface area (Å²) in [6.07, 6.45) is 1.55. The predicted octanol–water partition coefficient (Wildman–Crippen LogP) is 5.86. The van der Waals surface area contributed by atoms with Crippen LogP contribution in [0.25, 0.3) is 33.1 Å². The molecule has 0 saturated heterocycles. The van der Waals surface area contributed by atoms with Crippen molar-refractivity contribution >= 4 is 39.2 Å². The number of amides is 1. The Kier molecular flexibility index (Phi) is 5.79. The molecule has 168 valence electrons. The Morgan fingerprint density at radius 2 is 1.68 bits per heavy atom. The lowest BCUT2D eigenvalue weighted by atomic mass is 10.1. The molecule has 2 aromatic heterocycles. The molecule has 2 heterocycles. The van der Waals surface area contributed by atoms with Gasteiger partial charge < -0.3 is 14.1 Å². The third kappa shape index (κ3) is 4.01. The van der Waals surface area contributed by atoms with Crippen LogP contribution in [0.4, 0.5) is 5.69 Å². The first kappa shape index (κ1) is 21.4. The van der Waals surface area contributed by atoms with E-state index in [1.165, 1.54) is 0 Å². The van der Waals surface area contributed by atoms with Gasteiger partial charge in [-0.2, -0.15) is 0 Å². The molecule has 0 atom stereocenters. The second kappa shape index (κ2) is 9.19. The number of para-hydroxylation sites is 1. The molecule has 3 aromatic carbocycles. The van der Waals surface area contributed by atoms with E-state index in [0.717, 1.165) is 16.5 Å². The fourth-order valence-corrected chi connectivity index (χ4v) is 4.10. The summed E-state index contributed by atoms with van der Waals surface area (Å²) in [5.74, 6) is -0.338. The van der Waals surface area contributed by atoms with Crippen molar-refractivity contribution in [1.29, 1.82) is 0 Å². The zero-order valence-corrected chi connectivity index (χ0v) is 18.6. The molecule has 0 fully saturated rings. The number of hydrogen-bond donors (Lipinski definition) is 0. The summed E-state index contributed by atoms with van der Waals surface area (Å²) < 4.78 is 11.0. The molecule has 0 spiro atoms. The Morgan fingerprint density at radius 1 is 0.912 bits per heavy atom. The number of nitrogens with zero attached hydrogens (tertiary/aromatic N) is 2. The SMILES string of the molecule is CCN(C(=O)COC(=O)c1cc(-c2ccco2)nc2ccccc12)c1cccc2ccccc12. The van der Waals surface area contributed by atoms with Gasteiger partial charge in [0.1, 0.15) is 5.69 Å². The summed E-state index contributed by atoms with van der Waals surface area (Å²) in [5.41, 5.74) is 2.28. The summed E-state index contributed by atoms with van der Waals surface area (Å²) in [5, 5.41) is 2.66. The molecule has 6 heteroatoms. The van der Waals surface area contributed by atoms with Crippen molar-refractivity contribution in [2.75, 3.05) is 18.1 Å². The van der Waals surface area contributed by atoms with Gasteiger partial charge in [0.25, 0.3) is 5.91 Å². The van der Waals surface area contributed by atoms with Crippen molar-refractivity contribution in [3.8, 4) is 11.5 Å². The van der Waals surface area contributed by atoms with Crippen LogP contribution in [-0.2, 0) is 9.53 Å². The number of carbonyl (C=O) groups is 2. The van der Waals surface area contributed by atoms with Crippen molar-refractivity contribution in [2.24, 2.45) is 0 Å². The number of rotatable bonds is 6. The molecular weight excluding hydrogens is 428 g/mol. The minimum atomic E-state index is -0.589. The lowest BCUT2D eigenvalue weighted by molar-refractivity contribution is -0.121. The fraction of sp³-hybridized carbons (Fsp3) is 0.107. The largest absolute Gasteiger partial charge is 0.463 e. The monoisotopic (exact) mass is 450 g/mol. The smallest absolute Gasteiger partial charge is 0.339 e. The topological polar surface area (TPSA) is 72.6 Å². The van der Waals surface area contributed by atoms with Gasteiger partial charge in [-0.25, -0.2) is 9.78 Å². The van der Waals surface area contributed by atoms with E-state index >= 15 is 0 Å². The normalized spacial score (nSPS) is 11.0. The zero-order valence-electron chi connectivity index (χ0n) is 18.6. The Hall–Kier alpha value is -4.45. The van der Waals surface area contributed by atoms with Gasteiger partial charge in [0.05, 0.1) is 23.0 Å². The Morgan fingerprint density at radius 3 is 2.47 bits per heavy atom. The summed E-state index contributed by atoms with van der Waals surface area (Å²) in [4.78, 5) is 32.4. The van der Waals surface area contributed by atoms with Crippen LogP contribution in [0.15, 0.2) is 95.6 Å². The first-order chi connectivity index (χ1) is 16.7. The average Bonchev–Trinajstić information content (AvgIpc) is 3.42. The third-order valence-corrected chi connectivity index (χ3v) is 5.71. The van der Waals surface area contributed by atoms with Crippen LogP contribution < -0.4 is 4.90 Å². The molecule has 0 aliphatic heterocycles. The number of fused-ring (bicyclic) bond motifs is 2. The van der Waals surface area contributed by atoms with Gasteiger partial charge in [-0.05, 0) is 42.6 Å². The standard InChI is InChI=1S/C28H22N2O4/c1-2-30(25-14-7-10-19-9-3-4-11-20(19)25)27(31)18-34-28(32)22-17-24(26-15-8-16-33-26)29-23-13-6-5-12-21(22)23/h3-17H,2,18H2,1H3. The van der Waals surface area contributed by atoms with Crippen molar-refractivity contribution < 1.29 is 18.7 Å². The molecule has 1 amide bonds. The third-order valence-electron chi connectivity index (χ3n) is 5.71. The van der Waals surface area contributed by atoms with Gasteiger partial charge in [-0.15, -0.1) is 0 Å². The van der Waals surface area contributed by atoms with Crippen molar-refractivity contribution in [3.63, 3.8) is 0 Å². The number of anilines is 1. The van der Waals surface area contributed by atoms with Crippen molar-refractivity contribution in [3.05, 3.63) is 96.8 Å². The molecule has 0 radical (unpaired) electrons. The van der Waals surface area contributed by atoms with Crippen LogP contribution in [0, 0.1) is 0 Å². The molecule has 0 saturated carbocycles. The molecular formula is C28H22N2O4. The van der Waals surface area contributed by atoms with Gasteiger partial charge >= 0.3 is 5.97 Å². The average molecular weight is 450 g/mol. The number of carbonyl (C=O) groups excluding carboxylic acids is 2. The van der Waals surface area contributed by atoms with E-state index in [9.17, 15) is 9.59 Å². The number of hydrogen-bond acceptors (Lipinski definition) is 5. The number of esters is 1. The van der Waals surface area contributed by atoms with Crippen molar-refractivity contribution in [1.82, 2.24) is 4.98 Å². The maximum atomic E-state index is 13.1. The van der Waals surface area contributed by atoms with Crippen LogP contribution in [0.5, 0.6) is 0 Å². The Bertz CT molecular complexity index is 1490. The second-order valence-corrected chi connectivity index (χ2v) is 7.76. The fourth-order valence-electron chi connectivity index (χ4n) is 4.10. The second-order valence-electron chi connectivity index (χ2n) is 7.76. The quantitative estimate of drug-likeness (QED) is 0.303. The minimum Gasteiger partial charge on any atom is -0.463 e. The highest BCUT2D eigenvalue weighted by atomic mass is 16.5. The molecule has 0 N–H and O–H groups in total. The lowest BCUT2D eigenvalue weighted by Crippen LogP contribution is -2.34. The van der Waals surface area contributed by atoms with Crippen molar-refractivity contribution in [2.45, 2.75) is 6.92 Å². The van der Waals surface area contributed by atoms with Gasteiger partial charge in [0, 0.05) is 17.3 Å². The maximum absolute atomic E-state index is 13.1. The summed E-state index contributed by atoms with van der Waals surface area (Å²) in [6, 6.07) is 26.2. The van der Waals surface area contributed by atoms with E-state index in [2.05, 4.69) is 4.98 Å². The lowest BCUT2D eigenvalue weighted by Gasteiger charge is -2.22. The zero-order chi connectivity index (χ0) is 23.5. The van der Waals surface area contributed by atoms with Gasteiger partial charge in [0.2, 0.25) is 0 Å². The Balaban J connectivity index is 1.41. The first-order valence-corrected chi connectivity index (χ1v) is 11.0. The van der Waals surface area contributed by atoms with Gasteiger partial charge in [0.15, 0.2) is 12.4 Å². The van der Waals surface area contributed by atoms with Crippen LogP contribution in [0.3, 0.4) is 0 Å². The molecule has 5 rings (SSSR count). The molecule has 0 unspecified atom stereocenters. The van der Waals surface area contributed by atoms with E-state index in [1.54, 1.807) is 35.4 Å². The van der Waals surface area contributed by atoms with E-state index in [0.29, 0.717) is 34.5 Å². The molecule has 5 aromatic rings. The highest BCUT2D eigenvalue weighted by Gasteiger charge is 2.21. The molecule has 6 nitrogen and oxygen atoms in total. The molecule has 0 aliphatic carbocycles. The van der Waals surface area contributed by atoms with Gasteiger partial charge in [-0.3, -0.25) is 4.79 Å². The Labute approximate surface area is 196 Å². The number of furan rings is 1. The molecule has 34 heavy (non-hydrogen) atoms. The van der Waals surface area contributed by atoms with Gasteiger partial charge in [-0.1, -0.05) is 54.6 Å². The van der Waals surface area contributed by atoms with E-state index < -0.39 is 5.97 Å². The highest BCUT2D eigenvalue weighted by molar-refractivity contribution is 6.07. The van der Waals surface area contributed by atoms with E-state index in [4.69, 9.17) is 9.15 Å². The van der Waals surface area contributed by atoms with Crippen LogP contribution in [-0.4, -0.2) is 30.0 Å². The molecule has 0 aliphatic rings. The number of likely N-dealkylation sites (N-methyl/N-ethyl adjacent to an activating group) is 1. The van der Waals surface area contributed by atoms with Crippen LogP contribution >= 0.6 is 0 Å². The van der Waals surface area contributed by atoms with E-state index in [-0.39, 0.29) is 12.5 Å². The summed E-state index contributed by atoms with van der Waals surface area (Å²) in [6.45, 7) is 1.97. The number of aromatic nitrogens is 1. The summed E-state index contributed by atoms with van der Waals surface area (Å²) in [7, 11) is 0.